The molecule has 3 nitrogen and oxygen atoms in total. The van der Waals surface area contributed by atoms with Crippen LogP contribution in [-0.4, -0.2) is 13.1 Å². The van der Waals surface area contributed by atoms with E-state index in [1.54, 1.807) is 0 Å². The molecule has 1 aromatic carbocycles. The summed E-state index contributed by atoms with van der Waals surface area (Å²) in [5, 5.41) is 8.91. The van der Waals surface area contributed by atoms with Gasteiger partial charge < -0.3 is 10.6 Å². The molecule has 2 N–H and O–H groups in total. The third kappa shape index (κ3) is 3.72. The number of nitriles is 1. The highest BCUT2D eigenvalue weighted by Gasteiger charge is 2.13. The summed E-state index contributed by atoms with van der Waals surface area (Å²) in [6.07, 6.45) is 0. The molecule has 0 fully saturated rings. The van der Waals surface area contributed by atoms with Gasteiger partial charge in [-0.15, -0.1) is 0 Å². The summed E-state index contributed by atoms with van der Waals surface area (Å²) in [5.74, 6) is 0.0185. The maximum Gasteiger partial charge on any atom is 0.0671 e. The first-order valence-electron chi connectivity index (χ1n) is 6.19. The maximum absolute atomic E-state index is 8.91. The lowest BCUT2D eigenvalue weighted by atomic mass is 10.1. The molecule has 0 saturated carbocycles. The normalized spacial score (nSPS) is 13.8. The minimum absolute atomic E-state index is 0.0185. The highest BCUT2D eigenvalue weighted by molar-refractivity contribution is 9.10. The van der Waals surface area contributed by atoms with Crippen molar-refractivity contribution in [2.45, 2.75) is 26.8 Å². The molecule has 0 heterocycles. The first-order valence-corrected chi connectivity index (χ1v) is 6.98. The average Bonchev–Trinajstić information content (AvgIpc) is 2.35. The zero-order valence-corrected chi connectivity index (χ0v) is 12.7. The molecule has 0 bridgehead atoms. The van der Waals surface area contributed by atoms with Crippen molar-refractivity contribution in [2.75, 3.05) is 18.0 Å². The van der Waals surface area contributed by atoms with Gasteiger partial charge in [-0.05, 0) is 54.4 Å². The van der Waals surface area contributed by atoms with Gasteiger partial charge in [0.1, 0.15) is 0 Å². The fourth-order valence-electron chi connectivity index (χ4n) is 1.83. The van der Waals surface area contributed by atoms with Crippen LogP contribution in [0, 0.1) is 17.2 Å². The van der Waals surface area contributed by atoms with Gasteiger partial charge in [-0.25, -0.2) is 0 Å². The van der Waals surface area contributed by atoms with Crippen LogP contribution in [0.2, 0.25) is 0 Å². The second-order valence-electron chi connectivity index (χ2n) is 4.57. The number of benzene rings is 1. The Bertz CT molecular complexity index is 437. The zero-order valence-electron chi connectivity index (χ0n) is 11.2. The van der Waals surface area contributed by atoms with Crippen molar-refractivity contribution in [2.24, 2.45) is 11.7 Å². The Morgan fingerprint density at radius 1 is 1.44 bits per heavy atom. The number of hydrogen-bond donors (Lipinski definition) is 1. The molecule has 2 atom stereocenters. The fourth-order valence-corrected chi connectivity index (χ4v) is 2.48. The van der Waals surface area contributed by atoms with E-state index in [0.29, 0.717) is 0 Å². The summed E-state index contributed by atoms with van der Waals surface area (Å²) in [4.78, 5) is 2.20. The minimum atomic E-state index is 0.0185. The molecule has 98 valence electrons. The Morgan fingerprint density at radius 2 is 2.11 bits per heavy atom. The Kier molecular flexibility index (Phi) is 5.64. The molecule has 0 aliphatic heterocycles. The van der Waals surface area contributed by atoms with Crippen LogP contribution in [0.15, 0.2) is 22.7 Å². The van der Waals surface area contributed by atoms with Crippen LogP contribution in [0.3, 0.4) is 0 Å². The van der Waals surface area contributed by atoms with Gasteiger partial charge in [0.25, 0.3) is 0 Å². The molecule has 0 spiro atoms. The first kappa shape index (κ1) is 15.0. The van der Waals surface area contributed by atoms with E-state index in [2.05, 4.69) is 46.0 Å². The summed E-state index contributed by atoms with van der Waals surface area (Å²) in [7, 11) is 0. The minimum Gasteiger partial charge on any atom is -0.370 e. The molecule has 0 aliphatic carbocycles. The SMILES string of the molecule is CCN(CC(C)C#N)c1ccc([C@H](C)N)cc1Br. The van der Waals surface area contributed by atoms with Crippen molar-refractivity contribution in [3.8, 4) is 6.07 Å². The predicted octanol–water partition coefficient (Wildman–Crippen LogP) is 3.45. The van der Waals surface area contributed by atoms with Gasteiger partial charge in [0, 0.05) is 23.6 Å². The van der Waals surface area contributed by atoms with Crippen molar-refractivity contribution in [1.29, 1.82) is 5.26 Å². The van der Waals surface area contributed by atoms with Crippen LogP contribution in [0.5, 0.6) is 0 Å². The van der Waals surface area contributed by atoms with Gasteiger partial charge in [-0.3, -0.25) is 0 Å². The Hall–Kier alpha value is -1.05. The Morgan fingerprint density at radius 3 is 2.56 bits per heavy atom. The van der Waals surface area contributed by atoms with E-state index in [-0.39, 0.29) is 12.0 Å². The topological polar surface area (TPSA) is 53.0 Å². The van der Waals surface area contributed by atoms with Crippen molar-refractivity contribution in [3.63, 3.8) is 0 Å². The molecule has 0 radical (unpaired) electrons. The number of nitrogens with zero attached hydrogens (tertiary/aromatic N) is 2. The molecular weight excluding hydrogens is 290 g/mol. The van der Waals surface area contributed by atoms with Crippen LogP contribution < -0.4 is 10.6 Å². The van der Waals surface area contributed by atoms with E-state index in [4.69, 9.17) is 11.0 Å². The molecule has 1 rings (SSSR count). The largest absolute Gasteiger partial charge is 0.370 e. The van der Waals surface area contributed by atoms with Crippen molar-refractivity contribution >= 4 is 21.6 Å². The second kappa shape index (κ2) is 6.77. The number of halogens is 1. The molecule has 4 heteroatoms. The molecule has 0 saturated heterocycles. The molecule has 0 aromatic heterocycles. The van der Waals surface area contributed by atoms with Crippen LogP contribution >= 0.6 is 15.9 Å². The number of hydrogen-bond acceptors (Lipinski definition) is 3. The van der Waals surface area contributed by atoms with E-state index in [1.165, 1.54) is 0 Å². The van der Waals surface area contributed by atoms with E-state index >= 15 is 0 Å². The average molecular weight is 310 g/mol. The van der Waals surface area contributed by atoms with E-state index in [9.17, 15) is 0 Å². The molecule has 0 aliphatic rings. The quantitative estimate of drug-likeness (QED) is 0.906. The lowest BCUT2D eigenvalue weighted by Gasteiger charge is -2.26. The van der Waals surface area contributed by atoms with E-state index in [0.717, 1.165) is 28.8 Å². The first-order chi connectivity index (χ1) is 8.49. The van der Waals surface area contributed by atoms with Crippen LogP contribution in [-0.2, 0) is 0 Å². The highest BCUT2D eigenvalue weighted by Crippen LogP contribution is 2.29. The number of rotatable bonds is 5. The molecule has 0 amide bonds. The summed E-state index contributed by atoms with van der Waals surface area (Å²) < 4.78 is 1.03. The lowest BCUT2D eigenvalue weighted by molar-refractivity contribution is 0.685. The smallest absolute Gasteiger partial charge is 0.0671 e. The van der Waals surface area contributed by atoms with Crippen LogP contribution in [0.4, 0.5) is 5.69 Å². The van der Waals surface area contributed by atoms with Crippen LogP contribution in [0.25, 0.3) is 0 Å². The van der Waals surface area contributed by atoms with Gasteiger partial charge in [0.05, 0.1) is 17.7 Å². The van der Waals surface area contributed by atoms with Gasteiger partial charge in [0.2, 0.25) is 0 Å². The second-order valence-corrected chi connectivity index (χ2v) is 5.42. The predicted molar refractivity (Wildman–Crippen MR) is 79.4 cm³/mol. The van der Waals surface area contributed by atoms with Crippen molar-refractivity contribution < 1.29 is 0 Å². The summed E-state index contributed by atoms with van der Waals surface area (Å²) in [5.41, 5.74) is 8.09. The van der Waals surface area contributed by atoms with Crippen molar-refractivity contribution in [1.82, 2.24) is 0 Å². The third-order valence-corrected chi connectivity index (χ3v) is 3.57. The highest BCUT2D eigenvalue weighted by atomic mass is 79.9. The zero-order chi connectivity index (χ0) is 13.7. The van der Waals surface area contributed by atoms with Gasteiger partial charge in [-0.2, -0.15) is 5.26 Å². The summed E-state index contributed by atoms with van der Waals surface area (Å²) in [6, 6.07) is 8.47. The monoisotopic (exact) mass is 309 g/mol. The molecular formula is C14H20BrN3. The summed E-state index contributed by atoms with van der Waals surface area (Å²) in [6.45, 7) is 7.62. The molecule has 18 heavy (non-hydrogen) atoms. The van der Waals surface area contributed by atoms with Gasteiger partial charge >= 0.3 is 0 Å². The Balaban J connectivity index is 2.97. The van der Waals surface area contributed by atoms with Gasteiger partial charge in [-0.1, -0.05) is 6.07 Å². The third-order valence-electron chi connectivity index (χ3n) is 2.93. The number of anilines is 1. The van der Waals surface area contributed by atoms with E-state index < -0.39 is 0 Å². The van der Waals surface area contributed by atoms with Gasteiger partial charge in [0.15, 0.2) is 0 Å². The molecule has 1 unspecified atom stereocenters. The lowest BCUT2D eigenvalue weighted by Crippen LogP contribution is -2.28. The van der Waals surface area contributed by atoms with E-state index in [1.807, 2.05) is 19.9 Å². The van der Waals surface area contributed by atoms with Crippen LogP contribution in [0.1, 0.15) is 32.4 Å². The Labute approximate surface area is 118 Å². The fraction of sp³-hybridized carbons (Fsp3) is 0.500. The molecule has 1 aromatic rings. The van der Waals surface area contributed by atoms with Crippen molar-refractivity contribution in [3.05, 3.63) is 28.2 Å². The number of nitrogens with two attached hydrogens (primary N) is 1. The summed E-state index contributed by atoms with van der Waals surface area (Å²) >= 11 is 3.59. The standard InChI is InChI=1S/C14H20BrN3/c1-4-18(9-10(2)8-16)14-6-5-12(11(3)17)7-13(14)15/h5-7,10-11H,4,9,17H2,1-3H3/t10?,11-/m0/s1. The maximum atomic E-state index is 8.91.